The molecule has 0 aliphatic carbocycles. The molecular formula is C67H126N2O24. The van der Waals surface area contributed by atoms with E-state index in [-0.39, 0.29) is 12.8 Å². The van der Waals surface area contributed by atoms with Crippen molar-refractivity contribution in [2.75, 3.05) is 26.4 Å². The van der Waals surface area contributed by atoms with Crippen LogP contribution in [-0.2, 0) is 47.5 Å². The lowest BCUT2D eigenvalue weighted by molar-refractivity contribution is -0.373. The maximum absolute atomic E-state index is 13.7. The smallest absolute Gasteiger partial charge is 0.249 e. The maximum Gasteiger partial charge on any atom is 0.249 e. The zero-order chi connectivity index (χ0) is 68.2. The molecule has 4 fully saturated rings. The zero-order valence-electron chi connectivity index (χ0n) is 56.4. The Morgan fingerprint density at radius 2 is 0.828 bits per heavy atom. The van der Waals surface area contributed by atoms with Gasteiger partial charge >= 0.3 is 0 Å². The molecule has 4 aliphatic rings. The summed E-state index contributed by atoms with van der Waals surface area (Å²) in [7, 11) is 0. The van der Waals surface area contributed by atoms with Crippen molar-refractivity contribution in [3.8, 4) is 0 Å². The Morgan fingerprint density at radius 3 is 1.30 bits per heavy atom. The molecule has 0 aromatic heterocycles. The molecule has 93 heavy (non-hydrogen) atoms. The van der Waals surface area contributed by atoms with Crippen LogP contribution in [0.5, 0.6) is 0 Å². The molecule has 4 heterocycles. The third kappa shape index (κ3) is 29.0. The molecule has 4 rings (SSSR count). The average Bonchev–Trinajstić information content (AvgIpc) is 0.793. The summed E-state index contributed by atoms with van der Waals surface area (Å²) in [5.41, 5.74) is 0. The lowest BCUT2D eigenvalue weighted by Crippen LogP contribution is -2.68. The first kappa shape index (κ1) is 83.5. The lowest BCUT2D eigenvalue weighted by Gasteiger charge is -2.48. The highest BCUT2D eigenvalue weighted by atomic mass is 16.8. The second kappa shape index (κ2) is 47.2. The van der Waals surface area contributed by atoms with Gasteiger partial charge in [0.25, 0.3) is 0 Å². The predicted molar refractivity (Wildman–Crippen MR) is 341 cm³/mol. The number of hydrogen-bond acceptors (Lipinski definition) is 24. The summed E-state index contributed by atoms with van der Waals surface area (Å²) < 4.78 is 47.1. The van der Waals surface area contributed by atoms with Crippen molar-refractivity contribution in [1.82, 2.24) is 10.6 Å². The molecule has 0 saturated carbocycles. The number of carbonyl (C=O) groups excluding carboxylic acids is 2. The molecule has 0 radical (unpaired) electrons. The number of aliphatic hydroxyl groups excluding tert-OH is 14. The number of nitrogens with one attached hydrogen (secondary N) is 2. The number of amides is 2. The molecule has 0 unspecified atom stereocenters. The van der Waals surface area contributed by atoms with E-state index in [4.69, 9.17) is 37.9 Å². The summed E-state index contributed by atoms with van der Waals surface area (Å²) >= 11 is 0. The van der Waals surface area contributed by atoms with Crippen LogP contribution < -0.4 is 10.6 Å². The van der Waals surface area contributed by atoms with Gasteiger partial charge in [0.05, 0.1) is 44.7 Å². The predicted octanol–water partition coefficient (Wildman–Crippen LogP) is 2.93. The van der Waals surface area contributed by atoms with Gasteiger partial charge < -0.3 is 120 Å². The Hall–Kier alpha value is -1.94. The van der Waals surface area contributed by atoms with Gasteiger partial charge in [0.1, 0.15) is 104 Å². The molecule has 26 heteroatoms. The molecule has 0 bridgehead atoms. The van der Waals surface area contributed by atoms with Crippen LogP contribution in [0.4, 0.5) is 0 Å². The third-order valence-corrected chi connectivity index (χ3v) is 18.8. The summed E-state index contributed by atoms with van der Waals surface area (Å²) in [6.45, 7) is 3.78. The van der Waals surface area contributed by atoms with Gasteiger partial charge in [-0.05, 0) is 19.8 Å². The van der Waals surface area contributed by atoms with Crippen LogP contribution in [0.15, 0.2) is 0 Å². The van der Waals surface area contributed by atoms with E-state index in [1.165, 1.54) is 135 Å². The van der Waals surface area contributed by atoms with Gasteiger partial charge in [0, 0.05) is 6.92 Å². The van der Waals surface area contributed by atoms with Gasteiger partial charge in [0.2, 0.25) is 11.8 Å². The summed E-state index contributed by atoms with van der Waals surface area (Å²) in [5, 5.41) is 159. The Balaban J connectivity index is 1.39. The van der Waals surface area contributed by atoms with Crippen molar-refractivity contribution in [3.63, 3.8) is 0 Å². The van der Waals surface area contributed by atoms with Gasteiger partial charge in [-0.25, -0.2) is 0 Å². The van der Waals surface area contributed by atoms with Crippen LogP contribution in [0.25, 0.3) is 0 Å². The number of unbranched alkanes of at least 4 members (excludes halogenated alkanes) is 29. The van der Waals surface area contributed by atoms with Gasteiger partial charge in [0.15, 0.2) is 25.2 Å². The largest absolute Gasteiger partial charge is 0.394 e. The van der Waals surface area contributed by atoms with E-state index in [0.29, 0.717) is 12.8 Å². The van der Waals surface area contributed by atoms with E-state index in [1.807, 2.05) is 0 Å². The molecule has 0 aromatic rings. The van der Waals surface area contributed by atoms with Crippen molar-refractivity contribution in [2.45, 2.75) is 387 Å². The van der Waals surface area contributed by atoms with E-state index in [1.54, 1.807) is 0 Å². The second-order valence-corrected chi connectivity index (χ2v) is 26.7. The normalized spacial score (nSPS) is 33.1. The Kier molecular flexibility index (Phi) is 42.3. The highest BCUT2D eigenvalue weighted by molar-refractivity contribution is 5.80. The minimum atomic E-state index is -2.10. The quantitative estimate of drug-likeness (QED) is 0.0389. The highest BCUT2D eigenvalue weighted by Gasteiger charge is 2.54. The van der Waals surface area contributed by atoms with Crippen molar-refractivity contribution in [3.05, 3.63) is 0 Å². The monoisotopic (exact) mass is 1340 g/mol. The number of hydrogen-bond donors (Lipinski definition) is 16. The maximum atomic E-state index is 13.7. The molecule has 16 N–H and O–H groups in total. The second-order valence-electron chi connectivity index (χ2n) is 26.7. The summed E-state index contributed by atoms with van der Waals surface area (Å²) in [6.07, 6.45) is -1.81. The fourth-order valence-corrected chi connectivity index (χ4v) is 12.8. The van der Waals surface area contributed by atoms with Crippen molar-refractivity contribution in [1.29, 1.82) is 0 Å². The number of carbonyl (C=O) groups is 2. The first-order valence-electron chi connectivity index (χ1n) is 35.8. The molecule has 4 saturated heterocycles. The van der Waals surface area contributed by atoms with E-state index in [2.05, 4.69) is 24.5 Å². The standard InChI is InChI=1S/C67H126N2O24/c1-5-7-9-11-13-15-17-18-19-20-21-22-23-24-25-27-29-31-33-35-37-46(74)63(85)69-44(52(76)45(73)36-34-32-30-28-26-16-14-12-10-8-6-2)40-86-67-62(58(82)53(77)47(38-70)90-67)93-66-60(84)57(81)54(78)49(91-66)41-87-64-50(68-43(4)72)61(55(79)48(39-71)89-64)92-65-59(83)56(80)51(75)42(3)88-65/h42,44-62,64-67,70-71,73-84H,5-41H2,1-4H3,(H,68,72)(H,69,85)/t42-,44-,45+,46+,47+,48+,49+,50+,51-,52-,53-,54-,55-,56+,57-,58-,59+,60+,61+,62+,64+,65-,66+,67-/m0/s1. The van der Waals surface area contributed by atoms with Crippen molar-refractivity contribution in [2.24, 2.45) is 0 Å². The molecule has 24 atom stereocenters. The molecule has 548 valence electrons. The van der Waals surface area contributed by atoms with Gasteiger partial charge in [-0.15, -0.1) is 0 Å². The number of ether oxygens (including phenoxy) is 8. The number of rotatable bonds is 50. The first-order chi connectivity index (χ1) is 44.7. The van der Waals surface area contributed by atoms with Crippen molar-refractivity contribution >= 4 is 11.8 Å². The molecule has 26 nitrogen and oxygen atoms in total. The highest BCUT2D eigenvalue weighted by Crippen LogP contribution is 2.34. The minimum Gasteiger partial charge on any atom is -0.394 e. The van der Waals surface area contributed by atoms with Crippen LogP contribution >= 0.6 is 0 Å². The van der Waals surface area contributed by atoms with Crippen LogP contribution in [0.3, 0.4) is 0 Å². The third-order valence-electron chi connectivity index (χ3n) is 18.8. The summed E-state index contributed by atoms with van der Waals surface area (Å²) in [6, 6.07) is -2.93. The molecule has 4 aliphatic heterocycles. The van der Waals surface area contributed by atoms with Crippen LogP contribution in [0, 0.1) is 0 Å². The molecule has 0 aromatic carbocycles. The molecular weight excluding hydrogens is 1220 g/mol. The SMILES string of the molecule is CCCCCCCCCCCCCCCCCCCCCC[C@@H](O)C(=O)N[C@@H](CO[C@H]1O[C@H](CO)[C@H](O)[C@H](O)[C@H]1O[C@H]1O[C@H](CO[C@@H]2O[C@H](CO)[C@H](O)[C@H](O[C@@H]3O[C@@H](C)[C@H](O)[C@@H](O)[C@H]3O)[C@H]2NC(C)=O)[C@H](O)[C@H](O)[C@H]1O)[C@H](O)[C@H](O)CCCCCCCCCCCCC. The lowest BCUT2D eigenvalue weighted by atomic mass is 9.95. The van der Waals surface area contributed by atoms with E-state index in [0.717, 1.165) is 64.7 Å². The minimum absolute atomic E-state index is 0.124. The van der Waals surface area contributed by atoms with Gasteiger partial charge in [-0.1, -0.05) is 213 Å². The first-order valence-corrected chi connectivity index (χ1v) is 35.8. The topological polar surface area (TPSA) is 415 Å². The van der Waals surface area contributed by atoms with Crippen LogP contribution in [-0.4, -0.2) is 257 Å². The average molecular weight is 1340 g/mol. The Morgan fingerprint density at radius 1 is 0.430 bits per heavy atom. The fraction of sp³-hybridized carbons (Fsp3) is 0.970. The Bertz CT molecular complexity index is 1920. The fourth-order valence-electron chi connectivity index (χ4n) is 12.8. The van der Waals surface area contributed by atoms with Crippen LogP contribution in [0.2, 0.25) is 0 Å². The van der Waals surface area contributed by atoms with E-state index >= 15 is 0 Å². The van der Waals surface area contributed by atoms with Crippen LogP contribution in [0.1, 0.15) is 240 Å². The Labute approximate surface area is 552 Å². The van der Waals surface area contributed by atoms with E-state index in [9.17, 15) is 81.1 Å². The number of aliphatic hydroxyl groups is 14. The molecule has 2 amide bonds. The zero-order valence-corrected chi connectivity index (χ0v) is 56.4. The van der Waals surface area contributed by atoms with Gasteiger partial charge in [-0.3, -0.25) is 9.59 Å². The summed E-state index contributed by atoms with van der Waals surface area (Å²) in [5.74, 6) is -1.55. The van der Waals surface area contributed by atoms with Crippen molar-refractivity contribution < 1.29 is 119 Å². The summed E-state index contributed by atoms with van der Waals surface area (Å²) in [4.78, 5) is 26.3. The van der Waals surface area contributed by atoms with E-state index < -0.39 is 185 Å². The van der Waals surface area contributed by atoms with Gasteiger partial charge in [-0.2, -0.15) is 0 Å². The molecule has 0 spiro atoms.